The minimum Gasteiger partial charge on any atom is -0.508 e. The summed E-state index contributed by atoms with van der Waals surface area (Å²) in [5.74, 6) is 0.217. The largest absolute Gasteiger partial charge is 0.508 e. The van der Waals surface area contributed by atoms with Crippen LogP contribution in [0.3, 0.4) is 0 Å². The van der Waals surface area contributed by atoms with Crippen molar-refractivity contribution < 1.29 is 14.9 Å². The summed E-state index contributed by atoms with van der Waals surface area (Å²) in [5.41, 5.74) is 6.61. The van der Waals surface area contributed by atoms with E-state index in [0.717, 1.165) is 5.56 Å². The molecule has 1 aromatic carbocycles. The van der Waals surface area contributed by atoms with Crippen LogP contribution < -0.4 is 5.73 Å². The molecular weight excluding hydrogens is 182 g/mol. The van der Waals surface area contributed by atoms with Crippen molar-refractivity contribution in [2.24, 2.45) is 5.73 Å². The van der Waals surface area contributed by atoms with Crippen LogP contribution in [0.2, 0.25) is 0 Å². The van der Waals surface area contributed by atoms with Gasteiger partial charge in [0.1, 0.15) is 5.75 Å². The zero-order chi connectivity index (χ0) is 10.6. The molecule has 78 valence electrons. The maximum Gasteiger partial charge on any atom is 0.169 e. The molecule has 2 atom stereocenters. The number of phenols is 1. The van der Waals surface area contributed by atoms with Crippen LogP contribution in [0.1, 0.15) is 5.56 Å². The zero-order valence-electron chi connectivity index (χ0n) is 8.05. The van der Waals surface area contributed by atoms with Gasteiger partial charge in [-0.3, -0.25) is 0 Å². The van der Waals surface area contributed by atoms with Crippen molar-refractivity contribution in [2.45, 2.75) is 18.8 Å². The SMILES string of the molecule is COC(O)[C@@H](N)Cc1ccc(O)cc1. The van der Waals surface area contributed by atoms with Gasteiger partial charge < -0.3 is 20.7 Å². The molecule has 4 N–H and O–H groups in total. The fraction of sp³-hybridized carbons (Fsp3) is 0.400. The van der Waals surface area contributed by atoms with Crippen LogP contribution in [0.4, 0.5) is 0 Å². The number of aromatic hydroxyl groups is 1. The van der Waals surface area contributed by atoms with Crippen LogP contribution in [-0.4, -0.2) is 29.7 Å². The smallest absolute Gasteiger partial charge is 0.169 e. The van der Waals surface area contributed by atoms with Gasteiger partial charge in [0.15, 0.2) is 6.29 Å². The predicted octanol–water partition coefficient (Wildman–Crippen LogP) is 0.227. The lowest BCUT2D eigenvalue weighted by Gasteiger charge is -2.16. The van der Waals surface area contributed by atoms with E-state index < -0.39 is 12.3 Å². The Labute approximate surface area is 82.9 Å². The quantitative estimate of drug-likeness (QED) is 0.604. The minimum absolute atomic E-state index is 0.217. The van der Waals surface area contributed by atoms with Gasteiger partial charge in [-0.1, -0.05) is 12.1 Å². The molecule has 0 heterocycles. The molecule has 0 fully saturated rings. The monoisotopic (exact) mass is 197 g/mol. The van der Waals surface area contributed by atoms with Gasteiger partial charge >= 0.3 is 0 Å². The Balaban J connectivity index is 2.56. The molecule has 4 heteroatoms. The number of benzene rings is 1. The number of hydrogen-bond acceptors (Lipinski definition) is 4. The third-order valence-corrected chi connectivity index (χ3v) is 2.02. The summed E-state index contributed by atoms with van der Waals surface area (Å²) in [6, 6.07) is 6.24. The molecule has 0 saturated heterocycles. The number of methoxy groups -OCH3 is 1. The molecule has 0 spiro atoms. The average molecular weight is 197 g/mol. The highest BCUT2D eigenvalue weighted by Gasteiger charge is 2.13. The maximum atomic E-state index is 9.25. The van der Waals surface area contributed by atoms with Crippen LogP contribution in [0, 0.1) is 0 Å². The summed E-state index contributed by atoms with van der Waals surface area (Å²) in [5, 5.41) is 18.3. The minimum atomic E-state index is -0.955. The number of aliphatic hydroxyl groups is 1. The first-order valence-electron chi connectivity index (χ1n) is 4.38. The second-order valence-electron chi connectivity index (χ2n) is 3.16. The molecule has 0 bridgehead atoms. The average Bonchev–Trinajstić information content (AvgIpc) is 2.20. The summed E-state index contributed by atoms with van der Waals surface area (Å²) in [6.45, 7) is 0. The summed E-state index contributed by atoms with van der Waals surface area (Å²) < 4.78 is 4.69. The van der Waals surface area contributed by atoms with E-state index in [9.17, 15) is 5.11 Å². The molecule has 1 unspecified atom stereocenters. The first kappa shape index (κ1) is 11.0. The topological polar surface area (TPSA) is 75.7 Å². The summed E-state index contributed by atoms with van der Waals surface area (Å²) in [4.78, 5) is 0. The van der Waals surface area contributed by atoms with Crippen LogP contribution in [-0.2, 0) is 11.2 Å². The van der Waals surface area contributed by atoms with E-state index in [2.05, 4.69) is 4.74 Å². The summed E-state index contributed by atoms with van der Waals surface area (Å²) in [6.07, 6.45) is -0.446. The third kappa shape index (κ3) is 2.99. The van der Waals surface area contributed by atoms with Gasteiger partial charge in [0.05, 0.1) is 6.04 Å². The summed E-state index contributed by atoms with van der Waals surface area (Å²) >= 11 is 0. The Morgan fingerprint density at radius 2 is 1.93 bits per heavy atom. The Bertz CT molecular complexity index is 273. The lowest BCUT2D eigenvalue weighted by molar-refractivity contribution is -0.0890. The third-order valence-electron chi connectivity index (χ3n) is 2.02. The lowest BCUT2D eigenvalue weighted by Crippen LogP contribution is -2.37. The molecule has 0 aliphatic heterocycles. The Morgan fingerprint density at radius 3 is 2.43 bits per heavy atom. The standard InChI is InChI=1S/C10H15NO3/c1-14-10(13)9(11)6-7-2-4-8(12)5-3-7/h2-5,9-10,12-13H,6,11H2,1H3/t9-,10?/m0/s1. The van der Waals surface area contributed by atoms with Crippen molar-refractivity contribution in [1.82, 2.24) is 0 Å². The van der Waals surface area contributed by atoms with Gasteiger partial charge in [0.2, 0.25) is 0 Å². The normalized spacial score (nSPS) is 15.1. The molecule has 0 aliphatic rings. The van der Waals surface area contributed by atoms with E-state index in [1.165, 1.54) is 7.11 Å². The lowest BCUT2D eigenvalue weighted by atomic mass is 10.1. The second kappa shape index (κ2) is 4.95. The number of phenolic OH excluding ortho intramolecular Hbond substituents is 1. The number of hydrogen-bond donors (Lipinski definition) is 3. The highest BCUT2D eigenvalue weighted by Crippen LogP contribution is 2.11. The molecular formula is C10H15NO3. The fourth-order valence-corrected chi connectivity index (χ4v) is 1.18. The van der Waals surface area contributed by atoms with E-state index in [0.29, 0.717) is 6.42 Å². The summed E-state index contributed by atoms with van der Waals surface area (Å²) in [7, 11) is 1.40. The Hall–Kier alpha value is -1.10. The maximum absolute atomic E-state index is 9.25. The van der Waals surface area contributed by atoms with Crippen molar-refractivity contribution in [3.05, 3.63) is 29.8 Å². The number of rotatable bonds is 4. The van der Waals surface area contributed by atoms with E-state index >= 15 is 0 Å². The first-order chi connectivity index (χ1) is 6.63. The molecule has 0 aliphatic carbocycles. The van der Waals surface area contributed by atoms with Crippen LogP contribution >= 0.6 is 0 Å². The number of aliphatic hydroxyl groups excluding tert-OH is 1. The molecule has 0 saturated carbocycles. The number of ether oxygens (including phenoxy) is 1. The molecule has 0 amide bonds. The van der Waals surface area contributed by atoms with Gasteiger partial charge in [0, 0.05) is 7.11 Å². The van der Waals surface area contributed by atoms with Gasteiger partial charge in [-0.15, -0.1) is 0 Å². The predicted molar refractivity (Wildman–Crippen MR) is 52.8 cm³/mol. The zero-order valence-corrected chi connectivity index (χ0v) is 8.05. The van der Waals surface area contributed by atoms with Crippen molar-refractivity contribution in [3.63, 3.8) is 0 Å². The Morgan fingerprint density at radius 1 is 1.36 bits per heavy atom. The molecule has 0 aromatic heterocycles. The first-order valence-corrected chi connectivity index (χ1v) is 4.38. The van der Waals surface area contributed by atoms with Crippen molar-refractivity contribution in [1.29, 1.82) is 0 Å². The Kier molecular flexibility index (Phi) is 3.88. The van der Waals surface area contributed by atoms with Crippen LogP contribution in [0.15, 0.2) is 24.3 Å². The fourth-order valence-electron chi connectivity index (χ4n) is 1.18. The van der Waals surface area contributed by atoms with Gasteiger partial charge in [-0.25, -0.2) is 0 Å². The van der Waals surface area contributed by atoms with Crippen molar-refractivity contribution in [2.75, 3.05) is 7.11 Å². The van der Waals surface area contributed by atoms with Gasteiger partial charge in [-0.2, -0.15) is 0 Å². The molecule has 1 aromatic rings. The molecule has 1 rings (SSSR count). The van der Waals surface area contributed by atoms with E-state index in [1.807, 2.05) is 0 Å². The van der Waals surface area contributed by atoms with Crippen LogP contribution in [0.5, 0.6) is 5.75 Å². The van der Waals surface area contributed by atoms with Gasteiger partial charge in [-0.05, 0) is 24.1 Å². The van der Waals surface area contributed by atoms with Gasteiger partial charge in [0.25, 0.3) is 0 Å². The van der Waals surface area contributed by atoms with Crippen molar-refractivity contribution in [3.8, 4) is 5.75 Å². The highest BCUT2D eigenvalue weighted by atomic mass is 16.6. The van der Waals surface area contributed by atoms with E-state index in [4.69, 9.17) is 10.8 Å². The molecule has 0 radical (unpaired) electrons. The number of nitrogens with two attached hydrogens (primary N) is 1. The van der Waals surface area contributed by atoms with E-state index in [-0.39, 0.29) is 5.75 Å². The van der Waals surface area contributed by atoms with E-state index in [1.54, 1.807) is 24.3 Å². The highest BCUT2D eigenvalue weighted by molar-refractivity contribution is 5.26. The second-order valence-corrected chi connectivity index (χ2v) is 3.16. The van der Waals surface area contributed by atoms with Crippen molar-refractivity contribution >= 4 is 0 Å². The molecule has 4 nitrogen and oxygen atoms in total. The molecule has 14 heavy (non-hydrogen) atoms. The van der Waals surface area contributed by atoms with Crippen LogP contribution in [0.25, 0.3) is 0 Å².